The van der Waals surface area contributed by atoms with E-state index in [1.807, 2.05) is 19.1 Å². The monoisotopic (exact) mass is 310 g/mol. The summed E-state index contributed by atoms with van der Waals surface area (Å²) in [5.74, 6) is -0.637. The number of hydrogen-bond acceptors (Lipinski definition) is 5. The molecule has 3 rings (SSSR count). The largest absolute Gasteiger partial charge is 0.282 e. The summed E-state index contributed by atoms with van der Waals surface area (Å²) in [6.45, 7) is 2.01. The number of aromatic nitrogens is 3. The highest BCUT2D eigenvalue weighted by atomic mass is 16.6. The van der Waals surface area contributed by atoms with Gasteiger partial charge >= 0.3 is 0 Å². The van der Waals surface area contributed by atoms with Gasteiger partial charge in [0.05, 0.1) is 0 Å². The molecule has 0 saturated heterocycles. The van der Waals surface area contributed by atoms with Gasteiger partial charge in [0.25, 0.3) is 11.5 Å². The van der Waals surface area contributed by atoms with E-state index >= 15 is 0 Å². The number of nitrogens with one attached hydrogen (secondary N) is 1. The van der Waals surface area contributed by atoms with E-state index in [9.17, 15) is 9.59 Å². The second-order valence-corrected chi connectivity index (χ2v) is 4.99. The van der Waals surface area contributed by atoms with Crippen molar-refractivity contribution in [1.82, 2.24) is 19.8 Å². The van der Waals surface area contributed by atoms with Crippen molar-refractivity contribution in [2.45, 2.75) is 13.5 Å². The Hall–Kier alpha value is -3.06. The lowest BCUT2D eigenvalue weighted by Gasteiger charge is -2.07. The number of carbonyl (C=O) groups is 1. The Labute approximate surface area is 131 Å². The topological polar surface area (TPSA) is 85.6 Å². The minimum absolute atomic E-state index is 0.0840. The summed E-state index contributed by atoms with van der Waals surface area (Å²) in [6.07, 6.45) is 6.15. The highest BCUT2D eigenvalue weighted by Gasteiger charge is 2.13. The summed E-state index contributed by atoms with van der Waals surface area (Å²) >= 11 is 0. The van der Waals surface area contributed by atoms with Crippen LogP contribution in [0.5, 0.6) is 0 Å². The Bertz CT molecular complexity index is 906. The molecule has 0 spiro atoms. The summed E-state index contributed by atoms with van der Waals surface area (Å²) in [6, 6.07) is 7.15. The first-order valence-corrected chi connectivity index (χ1v) is 6.94. The number of aryl methyl sites for hydroxylation is 1. The number of fused-ring (bicyclic) bond motifs is 1. The first kappa shape index (κ1) is 14.9. The van der Waals surface area contributed by atoms with Crippen LogP contribution < -0.4 is 11.0 Å². The zero-order chi connectivity index (χ0) is 16.2. The molecule has 1 amide bonds. The highest BCUT2D eigenvalue weighted by molar-refractivity contribution is 5.92. The third kappa shape index (κ3) is 3.24. The average Bonchev–Trinajstić information content (AvgIpc) is 2.56. The summed E-state index contributed by atoms with van der Waals surface area (Å²) in [5.41, 5.74) is 3.90. The lowest BCUT2D eigenvalue weighted by molar-refractivity contribution is 0.0231. The minimum atomic E-state index is -0.637. The molecule has 0 bridgehead atoms. The van der Waals surface area contributed by atoms with Gasteiger partial charge in [0.2, 0.25) is 0 Å². The molecule has 1 N–H and O–H groups in total. The van der Waals surface area contributed by atoms with Crippen LogP contribution in [-0.2, 0) is 11.4 Å². The molecule has 7 nitrogen and oxygen atoms in total. The Kier molecular flexibility index (Phi) is 4.11. The van der Waals surface area contributed by atoms with Crippen LogP contribution in [0.1, 0.15) is 21.5 Å². The van der Waals surface area contributed by atoms with Crippen molar-refractivity contribution < 1.29 is 9.63 Å². The normalized spacial score (nSPS) is 10.7. The van der Waals surface area contributed by atoms with Gasteiger partial charge in [-0.15, -0.1) is 0 Å². The zero-order valence-corrected chi connectivity index (χ0v) is 12.4. The molecule has 0 fully saturated rings. The Morgan fingerprint density at radius 2 is 2.17 bits per heavy atom. The molecular formula is C16H14N4O3. The molecule has 0 radical (unpaired) electrons. The molecule has 116 valence electrons. The molecule has 0 unspecified atom stereocenters. The van der Waals surface area contributed by atoms with E-state index in [4.69, 9.17) is 4.84 Å². The van der Waals surface area contributed by atoms with Crippen LogP contribution in [0.3, 0.4) is 0 Å². The molecule has 3 aromatic heterocycles. The summed E-state index contributed by atoms with van der Waals surface area (Å²) in [5, 5.41) is 0. The minimum Gasteiger partial charge on any atom is -0.269 e. The van der Waals surface area contributed by atoms with E-state index in [-0.39, 0.29) is 12.2 Å². The fourth-order valence-electron chi connectivity index (χ4n) is 2.06. The zero-order valence-electron chi connectivity index (χ0n) is 12.4. The average molecular weight is 310 g/mol. The smallest absolute Gasteiger partial charge is 0.269 e. The van der Waals surface area contributed by atoms with Gasteiger partial charge in [-0.2, -0.15) is 0 Å². The number of amides is 1. The van der Waals surface area contributed by atoms with Crippen molar-refractivity contribution in [2.24, 2.45) is 0 Å². The predicted molar refractivity (Wildman–Crippen MR) is 82.7 cm³/mol. The van der Waals surface area contributed by atoms with Gasteiger partial charge in [-0.05, 0) is 30.2 Å². The van der Waals surface area contributed by atoms with Gasteiger partial charge in [0, 0.05) is 24.8 Å². The highest BCUT2D eigenvalue weighted by Crippen LogP contribution is 2.02. The van der Waals surface area contributed by atoms with Crippen LogP contribution in [0.15, 0.2) is 53.8 Å². The van der Waals surface area contributed by atoms with Gasteiger partial charge < -0.3 is 0 Å². The molecule has 0 atom stereocenters. The Morgan fingerprint density at radius 3 is 2.96 bits per heavy atom. The van der Waals surface area contributed by atoms with Crippen molar-refractivity contribution in [3.8, 4) is 0 Å². The van der Waals surface area contributed by atoms with Crippen molar-refractivity contribution in [3.63, 3.8) is 0 Å². The van der Waals surface area contributed by atoms with Crippen molar-refractivity contribution in [2.75, 3.05) is 0 Å². The van der Waals surface area contributed by atoms with E-state index in [2.05, 4.69) is 15.4 Å². The predicted octanol–water partition coefficient (Wildman–Crippen LogP) is 1.26. The summed E-state index contributed by atoms with van der Waals surface area (Å²) in [4.78, 5) is 37.6. The van der Waals surface area contributed by atoms with E-state index in [1.54, 1.807) is 30.7 Å². The molecule has 0 aliphatic rings. The van der Waals surface area contributed by atoms with Crippen LogP contribution in [0.4, 0.5) is 0 Å². The molecule has 7 heteroatoms. The van der Waals surface area contributed by atoms with Crippen LogP contribution in [0.2, 0.25) is 0 Å². The Balaban J connectivity index is 1.76. The van der Waals surface area contributed by atoms with Crippen LogP contribution >= 0.6 is 0 Å². The molecule has 0 aliphatic carbocycles. The fraction of sp³-hybridized carbons (Fsp3) is 0.125. The van der Waals surface area contributed by atoms with Crippen molar-refractivity contribution >= 4 is 11.6 Å². The number of rotatable bonds is 4. The maximum absolute atomic E-state index is 12.4. The number of nitrogens with zero attached hydrogens (tertiary/aromatic N) is 3. The Morgan fingerprint density at radius 1 is 1.30 bits per heavy atom. The number of hydrogen-bond donors (Lipinski definition) is 1. The molecule has 0 aliphatic heterocycles. The third-order valence-corrected chi connectivity index (χ3v) is 3.22. The van der Waals surface area contributed by atoms with Gasteiger partial charge in [-0.25, -0.2) is 10.5 Å². The number of hydroxylamine groups is 1. The van der Waals surface area contributed by atoms with Gasteiger partial charge in [-0.3, -0.25) is 23.8 Å². The first-order chi connectivity index (χ1) is 11.1. The van der Waals surface area contributed by atoms with E-state index in [0.717, 1.165) is 11.1 Å². The maximum Gasteiger partial charge on any atom is 0.282 e. The second-order valence-electron chi connectivity index (χ2n) is 4.99. The molecule has 23 heavy (non-hydrogen) atoms. The van der Waals surface area contributed by atoms with Gasteiger partial charge in [0.1, 0.15) is 17.8 Å². The second kappa shape index (κ2) is 6.37. The quantitative estimate of drug-likeness (QED) is 0.733. The first-order valence-electron chi connectivity index (χ1n) is 6.94. The lowest BCUT2D eigenvalue weighted by Crippen LogP contribution is -2.31. The summed E-state index contributed by atoms with van der Waals surface area (Å²) < 4.78 is 1.34. The maximum atomic E-state index is 12.4. The molecule has 0 saturated carbocycles. The summed E-state index contributed by atoms with van der Waals surface area (Å²) in [7, 11) is 0. The van der Waals surface area contributed by atoms with E-state index in [0.29, 0.717) is 5.65 Å². The third-order valence-electron chi connectivity index (χ3n) is 3.22. The van der Waals surface area contributed by atoms with Crippen LogP contribution in [0, 0.1) is 6.92 Å². The lowest BCUT2D eigenvalue weighted by atomic mass is 10.3. The molecule has 3 heterocycles. The van der Waals surface area contributed by atoms with Gasteiger partial charge in [-0.1, -0.05) is 12.1 Å². The van der Waals surface area contributed by atoms with E-state index in [1.165, 1.54) is 10.6 Å². The van der Waals surface area contributed by atoms with Crippen LogP contribution in [-0.4, -0.2) is 20.3 Å². The molecule has 3 aromatic rings. The van der Waals surface area contributed by atoms with Gasteiger partial charge in [0.15, 0.2) is 0 Å². The standard InChI is InChI=1S/C16H14N4O3/c1-11-4-5-14-18-8-13(16(22)20(14)9-11)15(21)19-23-10-12-3-2-6-17-7-12/h2-9H,10H2,1H3,(H,19,21). The SMILES string of the molecule is Cc1ccc2ncc(C(=O)NOCc3cccnc3)c(=O)n2c1. The van der Waals surface area contributed by atoms with Crippen LogP contribution in [0.25, 0.3) is 5.65 Å². The number of pyridine rings is 2. The van der Waals surface area contributed by atoms with Crippen molar-refractivity contribution in [1.29, 1.82) is 0 Å². The fourth-order valence-corrected chi connectivity index (χ4v) is 2.06. The molecule has 0 aromatic carbocycles. The van der Waals surface area contributed by atoms with E-state index < -0.39 is 11.5 Å². The number of carbonyl (C=O) groups excluding carboxylic acids is 1. The molecular weight excluding hydrogens is 296 g/mol. The van der Waals surface area contributed by atoms with Crippen molar-refractivity contribution in [3.05, 3.63) is 76.1 Å².